The van der Waals surface area contributed by atoms with Crippen molar-refractivity contribution in [2.45, 2.75) is 4.34 Å². The maximum Gasteiger partial charge on any atom is 0.262 e. The van der Waals surface area contributed by atoms with Gasteiger partial charge in [0.2, 0.25) is 5.91 Å². The van der Waals surface area contributed by atoms with Crippen molar-refractivity contribution in [2.24, 2.45) is 5.73 Å². The molecule has 0 radical (unpaired) electrons. The van der Waals surface area contributed by atoms with Crippen molar-refractivity contribution < 1.29 is 18.4 Å². The van der Waals surface area contributed by atoms with E-state index in [4.69, 9.17) is 5.73 Å². The van der Waals surface area contributed by atoms with Gasteiger partial charge in [0.1, 0.15) is 27.9 Å². The summed E-state index contributed by atoms with van der Waals surface area (Å²) >= 11 is 2.22. The molecule has 3 rings (SSSR count). The number of carbonyl (C=O) groups excluding carboxylic acids is 2. The average molecular weight is 405 g/mol. The molecule has 0 aliphatic heterocycles. The molecule has 2 amide bonds. The molecule has 0 aliphatic rings. The second-order valence-electron chi connectivity index (χ2n) is 5.33. The smallest absolute Gasteiger partial charge is 0.262 e. The molecular formula is C18H13F2N3O2S2. The molecule has 0 saturated heterocycles. The molecule has 5 nitrogen and oxygen atoms in total. The molecule has 2 aromatic carbocycles. The molecule has 1 heterocycles. The Morgan fingerprint density at radius 1 is 1.07 bits per heavy atom. The molecule has 3 N–H and O–H groups in total. The van der Waals surface area contributed by atoms with Crippen molar-refractivity contribution in [2.75, 3.05) is 11.1 Å². The van der Waals surface area contributed by atoms with Gasteiger partial charge in [0.25, 0.3) is 5.91 Å². The Labute approximate surface area is 161 Å². The fourth-order valence-electron chi connectivity index (χ4n) is 2.25. The number of halogens is 2. The van der Waals surface area contributed by atoms with Crippen LogP contribution >= 0.6 is 23.1 Å². The van der Waals surface area contributed by atoms with Crippen LogP contribution in [0, 0.1) is 11.6 Å². The van der Waals surface area contributed by atoms with E-state index in [0.29, 0.717) is 20.6 Å². The number of hydrogen-bond acceptors (Lipinski definition) is 5. The van der Waals surface area contributed by atoms with Gasteiger partial charge in [0.05, 0.1) is 5.75 Å². The minimum Gasteiger partial charge on any atom is -0.369 e. The lowest BCUT2D eigenvalue weighted by Crippen LogP contribution is -2.15. The first kappa shape index (κ1) is 19.0. The number of rotatable bonds is 6. The maximum atomic E-state index is 13.9. The van der Waals surface area contributed by atoms with E-state index in [2.05, 4.69) is 10.3 Å². The molecule has 0 bridgehead atoms. The first-order chi connectivity index (χ1) is 13.0. The van der Waals surface area contributed by atoms with E-state index >= 15 is 0 Å². The van der Waals surface area contributed by atoms with Crippen molar-refractivity contribution in [3.63, 3.8) is 0 Å². The minimum absolute atomic E-state index is 0.0249. The van der Waals surface area contributed by atoms with Gasteiger partial charge in [-0.15, -0.1) is 0 Å². The molecule has 0 aliphatic carbocycles. The Morgan fingerprint density at radius 2 is 1.74 bits per heavy atom. The van der Waals surface area contributed by atoms with Crippen LogP contribution in [0.1, 0.15) is 10.4 Å². The largest absolute Gasteiger partial charge is 0.369 e. The van der Waals surface area contributed by atoms with Crippen LogP contribution in [0.4, 0.5) is 13.8 Å². The first-order valence-electron chi connectivity index (χ1n) is 7.68. The number of aromatic nitrogens is 1. The SMILES string of the molecule is NC(=O)CSc1nc(-c2ccccc2)c(NC(=O)c2c(F)cccc2F)s1. The molecular weight excluding hydrogens is 392 g/mol. The number of carbonyl (C=O) groups is 2. The molecule has 1 aromatic heterocycles. The summed E-state index contributed by atoms with van der Waals surface area (Å²) in [5.74, 6) is -3.31. The summed E-state index contributed by atoms with van der Waals surface area (Å²) in [7, 11) is 0. The zero-order valence-corrected chi connectivity index (χ0v) is 15.4. The fraction of sp³-hybridized carbons (Fsp3) is 0.0556. The number of amides is 2. The number of nitrogens with one attached hydrogen (secondary N) is 1. The van der Waals surface area contributed by atoms with E-state index in [0.717, 1.165) is 35.2 Å². The quantitative estimate of drug-likeness (QED) is 0.609. The summed E-state index contributed by atoms with van der Waals surface area (Å²) in [6.45, 7) is 0. The van der Waals surface area contributed by atoms with E-state index in [1.807, 2.05) is 6.07 Å². The van der Waals surface area contributed by atoms with Gasteiger partial charge < -0.3 is 11.1 Å². The second kappa shape index (κ2) is 8.28. The summed E-state index contributed by atoms with van der Waals surface area (Å²) in [6.07, 6.45) is 0. The van der Waals surface area contributed by atoms with Crippen LogP contribution < -0.4 is 11.1 Å². The van der Waals surface area contributed by atoms with Crippen LogP contribution in [0.2, 0.25) is 0 Å². The topological polar surface area (TPSA) is 85.1 Å². The summed E-state index contributed by atoms with van der Waals surface area (Å²) in [4.78, 5) is 27.8. The molecule has 138 valence electrons. The van der Waals surface area contributed by atoms with E-state index in [9.17, 15) is 18.4 Å². The van der Waals surface area contributed by atoms with Crippen molar-refractivity contribution in [1.29, 1.82) is 0 Å². The zero-order chi connectivity index (χ0) is 19.4. The number of nitrogens with zero attached hydrogens (tertiary/aromatic N) is 1. The molecule has 9 heteroatoms. The highest BCUT2D eigenvalue weighted by atomic mass is 32.2. The van der Waals surface area contributed by atoms with Gasteiger partial charge in [-0.3, -0.25) is 9.59 Å². The third kappa shape index (κ3) is 4.50. The normalized spacial score (nSPS) is 10.6. The van der Waals surface area contributed by atoms with Crippen LogP contribution in [0.15, 0.2) is 52.9 Å². The predicted octanol–water partition coefficient (Wildman–Crippen LogP) is 3.92. The first-order valence-corrected chi connectivity index (χ1v) is 9.48. The van der Waals surface area contributed by atoms with Crippen LogP contribution in [0.3, 0.4) is 0 Å². The molecule has 0 fully saturated rings. The summed E-state index contributed by atoms with van der Waals surface area (Å²) in [5.41, 5.74) is 5.63. The van der Waals surface area contributed by atoms with Crippen LogP contribution in [0.5, 0.6) is 0 Å². The van der Waals surface area contributed by atoms with E-state index < -0.39 is 29.0 Å². The van der Waals surface area contributed by atoms with Crippen molar-refractivity contribution in [3.8, 4) is 11.3 Å². The number of benzene rings is 2. The fourth-order valence-corrected chi connectivity index (χ4v) is 4.05. The van der Waals surface area contributed by atoms with Gasteiger partial charge in [-0.1, -0.05) is 59.5 Å². The Bertz CT molecular complexity index is 973. The highest BCUT2D eigenvalue weighted by molar-refractivity contribution is 8.01. The Morgan fingerprint density at radius 3 is 2.37 bits per heavy atom. The van der Waals surface area contributed by atoms with Gasteiger partial charge in [-0.2, -0.15) is 0 Å². The zero-order valence-electron chi connectivity index (χ0n) is 13.7. The molecule has 27 heavy (non-hydrogen) atoms. The van der Waals surface area contributed by atoms with Crippen molar-refractivity contribution >= 4 is 39.9 Å². The van der Waals surface area contributed by atoms with E-state index in [1.54, 1.807) is 24.3 Å². The standard InChI is InChI=1S/C18H13F2N3O2S2/c19-11-7-4-8-12(20)14(11)16(25)23-17-15(10-5-2-1-3-6-10)22-18(27-17)26-9-13(21)24/h1-8H,9H2,(H2,21,24)(H,23,25). The Kier molecular flexibility index (Phi) is 5.82. The molecule has 0 saturated carbocycles. The summed E-state index contributed by atoms with van der Waals surface area (Å²) in [5, 5.41) is 2.84. The third-order valence-electron chi connectivity index (χ3n) is 3.41. The van der Waals surface area contributed by atoms with Gasteiger partial charge in [-0.05, 0) is 12.1 Å². The lowest BCUT2D eigenvalue weighted by Gasteiger charge is -2.07. The molecule has 0 atom stereocenters. The predicted molar refractivity (Wildman–Crippen MR) is 102 cm³/mol. The number of nitrogens with two attached hydrogens (primary N) is 1. The number of thioether (sulfide) groups is 1. The highest BCUT2D eigenvalue weighted by Gasteiger charge is 2.21. The lowest BCUT2D eigenvalue weighted by atomic mass is 10.1. The lowest BCUT2D eigenvalue weighted by molar-refractivity contribution is -0.115. The van der Waals surface area contributed by atoms with E-state index in [1.165, 1.54) is 6.07 Å². The van der Waals surface area contributed by atoms with Gasteiger partial charge >= 0.3 is 0 Å². The molecule has 3 aromatic rings. The average Bonchev–Trinajstić information content (AvgIpc) is 3.03. The third-order valence-corrected chi connectivity index (χ3v) is 5.55. The summed E-state index contributed by atoms with van der Waals surface area (Å²) in [6, 6.07) is 12.2. The Hall–Kier alpha value is -2.78. The second-order valence-corrected chi connectivity index (χ2v) is 7.55. The number of hydrogen-bond donors (Lipinski definition) is 2. The minimum atomic E-state index is -0.957. The van der Waals surface area contributed by atoms with Gasteiger partial charge in [0, 0.05) is 5.56 Å². The number of anilines is 1. The van der Waals surface area contributed by atoms with Gasteiger partial charge in [0.15, 0.2) is 4.34 Å². The number of primary amides is 1. The van der Waals surface area contributed by atoms with Crippen LogP contribution in [-0.4, -0.2) is 22.6 Å². The molecule has 0 unspecified atom stereocenters. The Balaban J connectivity index is 1.95. The highest BCUT2D eigenvalue weighted by Crippen LogP contribution is 2.37. The van der Waals surface area contributed by atoms with Crippen LogP contribution in [-0.2, 0) is 4.79 Å². The van der Waals surface area contributed by atoms with Crippen LogP contribution in [0.25, 0.3) is 11.3 Å². The monoisotopic (exact) mass is 405 g/mol. The summed E-state index contributed by atoms with van der Waals surface area (Å²) < 4.78 is 28.2. The van der Waals surface area contributed by atoms with Crippen molar-refractivity contribution in [1.82, 2.24) is 4.98 Å². The van der Waals surface area contributed by atoms with E-state index in [-0.39, 0.29) is 5.75 Å². The number of thiazole rings is 1. The molecule has 0 spiro atoms. The van der Waals surface area contributed by atoms with Gasteiger partial charge in [-0.25, -0.2) is 13.8 Å². The van der Waals surface area contributed by atoms with Crippen molar-refractivity contribution in [3.05, 3.63) is 65.7 Å². The maximum absolute atomic E-state index is 13.9.